The van der Waals surface area contributed by atoms with Gasteiger partial charge in [0.2, 0.25) is 0 Å². The fourth-order valence-corrected chi connectivity index (χ4v) is 2.90. The number of hydrogen-bond donors (Lipinski definition) is 0. The first kappa shape index (κ1) is 17.6. The number of hydrogen-bond acceptors (Lipinski definition) is 2. The predicted molar refractivity (Wildman–Crippen MR) is 88.8 cm³/mol. The molecule has 1 aromatic carbocycles. The van der Waals surface area contributed by atoms with Crippen LogP contribution in [-0.2, 0) is 6.54 Å². The molecule has 0 amide bonds. The summed E-state index contributed by atoms with van der Waals surface area (Å²) < 4.78 is 44.3. The molecule has 130 valence electrons. The average molecular weight is 388 g/mol. The van der Waals surface area contributed by atoms with Crippen LogP contribution in [0.4, 0.5) is 13.2 Å². The van der Waals surface area contributed by atoms with Crippen molar-refractivity contribution in [2.75, 3.05) is 0 Å². The molecule has 0 bridgehead atoms. The molecule has 2 aromatic heterocycles. The van der Waals surface area contributed by atoms with Crippen LogP contribution in [0.5, 0.6) is 0 Å². The van der Waals surface area contributed by atoms with Crippen molar-refractivity contribution >= 4 is 23.2 Å². The molecule has 0 N–H and O–H groups in total. The van der Waals surface area contributed by atoms with Crippen molar-refractivity contribution in [2.24, 2.45) is 0 Å². The molecule has 0 fully saturated rings. The summed E-state index contributed by atoms with van der Waals surface area (Å²) in [6.45, 7) is 1.69. The third-order valence-electron chi connectivity index (χ3n) is 3.58. The fourth-order valence-electron chi connectivity index (χ4n) is 2.56. The van der Waals surface area contributed by atoms with Crippen molar-refractivity contribution in [3.05, 3.63) is 68.4 Å². The lowest BCUT2D eigenvalue weighted by molar-refractivity contribution is 0.544. The third kappa shape index (κ3) is 3.05. The first-order valence-corrected chi connectivity index (χ1v) is 7.87. The number of nitrogens with zero attached hydrogens (tertiary/aromatic N) is 3. The minimum atomic E-state index is -1.15. The number of pyridine rings is 1. The zero-order chi connectivity index (χ0) is 18.3. The maximum absolute atomic E-state index is 14.4. The van der Waals surface area contributed by atoms with Gasteiger partial charge in [-0.3, -0.25) is 4.79 Å². The normalized spacial score (nSPS) is 11.1. The first-order chi connectivity index (χ1) is 11.8. The van der Waals surface area contributed by atoms with Crippen LogP contribution >= 0.6 is 23.2 Å². The van der Waals surface area contributed by atoms with Crippen molar-refractivity contribution < 1.29 is 13.2 Å². The van der Waals surface area contributed by atoms with Crippen LogP contribution in [0.3, 0.4) is 0 Å². The zero-order valence-electron chi connectivity index (χ0n) is 12.7. The van der Waals surface area contributed by atoms with Crippen molar-refractivity contribution in [1.29, 1.82) is 0 Å². The number of halogens is 5. The predicted octanol–water partition coefficient (Wildman–Crippen LogP) is 4.45. The topological polar surface area (TPSA) is 39.8 Å². The van der Waals surface area contributed by atoms with Gasteiger partial charge < -0.3 is 4.57 Å². The van der Waals surface area contributed by atoms with E-state index >= 15 is 0 Å². The molecule has 0 spiro atoms. The molecule has 0 aliphatic heterocycles. The summed E-state index contributed by atoms with van der Waals surface area (Å²) in [7, 11) is 0. The number of rotatable bonds is 3. The summed E-state index contributed by atoms with van der Waals surface area (Å²) >= 11 is 11.8. The van der Waals surface area contributed by atoms with Crippen molar-refractivity contribution in [3.8, 4) is 16.9 Å². The molecule has 0 radical (unpaired) electrons. The van der Waals surface area contributed by atoms with Gasteiger partial charge in [-0.1, -0.05) is 23.2 Å². The summed E-state index contributed by atoms with van der Waals surface area (Å²) in [6, 6.07) is 2.31. The molecule has 25 heavy (non-hydrogen) atoms. The van der Waals surface area contributed by atoms with Crippen LogP contribution in [0.15, 0.2) is 35.4 Å². The second-order valence-corrected chi connectivity index (χ2v) is 5.97. The van der Waals surface area contributed by atoms with E-state index in [1.165, 1.54) is 23.1 Å². The second kappa shape index (κ2) is 6.57. The average Bonchev–Trinajstić information content (AvgIpc) is 2.96. The van der Waals surface area contributed by atoms with Gasteiger partial charge in [0.05, 0.1) is 28.2 Å². The highest BCUT2D eigenvalue weighted by Crippen LogP contribution is 2.32. The quantitative estimate of drug-likeness (QED) is 0.666. The van der Waals surface area contributed by atoms with Crippen LogP contribution in [0, 0.1) is 17.5 Å². The molecule has 3 rings (SSSR count). The van der Waals surface area contributed by atoms with E-state index in [4.69, 9.17) is 23.2 Å². The lowest BCUT2D eigenvalue weighted by Crippen LogP contribution is -2.24. The monoisotopic (exact) mass is 387 g/mol. The Morgan fingerprint density at radius 1 is 1.12 bits per heavy atom. The van der Waals surface area contributed by atoms with Gasteiger partial charge in [0.1, 0.15) is 22.5 Å². The molecule has 0 saturated heterocycles. The first-order valence-electron chi connectivity index (χ1n) is 7.12. The van der Waals surface area contributed by atoms with Crippen LogP contribution in [0.1, 0.15) is 6.92 Å². The van der Waals surface area contributed by atoms with Gasteiger partial charge in [-0.05, 0) is 13.0 Å². The Labute approximate surface area is 150 Å². The lowest BCUT2D eigenvalue weighted by atomic mass is 10.1. The van der Waals surface area contributed by atoms with E-state index in [1.807, 2.05) is 0 Å². The minimum Gasteiger partial charge on any atom is -0.305 e. The summed E-state index contributed by atoms with van der Waals surface area (Å²) in [4.78, 5) is 12.3. The van der Waals surface area contributed by atoms with Crippen LogP contribution in [-0.4, -0.2) is 14.3 Å². The van der Waals surface area contributed by atoms with E-state index in [9.17, 15) is 18.0 Å². The second-order valence-electron chi connectivity index (χ2n) is 5.12. The number of aromatic nitrogens is 3. The number of benzene rings is 1. The minimum absolute atomic E-state index is 0.0764. The van der Waals surface area contributed by atoms with Gasteiger partial charge in [0.15, 0.2) is 0 Å². The van der Waals surface area contributed by atoms with Gasteiger partial charge >= 0.3 is 0 Å². The van der Waals surface area contributed by atoms with Crippen LogP contribution in [0.2, 0.25) is 10.0 Å². The molecule has 0 atom stereocenters. The molecule has 9 heteroatoms. The van der Waals surface area contributed by atoms with Crippen molar-refractivity contribution in [1.82, 2.24) is 14.3 Å². The highest BCUT2D eigenvalue weighted by molar-refractivity contribution is 6.31. The van der Waals surface area contributed by atoms with E-state index < -0.39 is 28.6 Å². The largest absolute Gasteiger partial charge is 0.305 e. The molecular weight excluding hydrogens is 378 g/mol. The summed E-state index contributed by atoms with van der Waals surface area (Å²) in [5, 5.41) is 4.10. The molecule has 3 aromatic rings. The molecule has 0 saturated carbocycles. The van der Waals surface area contributed by atoms with E-state index in [2.05, 4.69) is 5.10 Å². The van der Waals surface area contributed by atoms with Crippen molar-refractivity contribution in [2.45, 2.75) is 13.5 Å². The Morgan fingerprint density at radius 3 is 2.28 bits per heavy atom. The molecule has 0 unspecified atom stereocenters. The van der Waals surface area contributed by atoms with Gasteiger partial charge in [0.25, 0.3) is 5.56 Å². The molecular formula is C16H10Cl2F3N3O. The molecule has 2 heterocycles. The van der Waals surface area contributed by atoms with E-state index in [-0.39, 0.29) is 28.0 Å². The fraction of sp³-hybridized carbons (Fsp3) is 0.125. The Kier molecular flexibility index (Phi) is 4.62. The smallest absolute Gasteiger partial charge is 0.269 e. The van der Waals surface area contributed by atoms with Crippen LogP contribution < -0.4 is 5.56 Å². The zero-order valence-corrected chi connectivity index (χ0v) is 14.2. The van der Waals surface area contributed by atoms with Gasteiger partial charge in [-0.2, -0.15) is 5.10 Å². The van der Waals surface area contributed by atoms with Crippen molar-refractivity contribution in [3.63, 3.8) is 0 Å². The standard InChI is InChI=1S/C16H10Cl2F3N3O/c1-2-23-15(14-11(20)3-9(19)4-12(14)21)13(5-10(18)16(23)25)24-7-8(17)6-22-24/h3-7H,2H2,1H3. The Morgan fingerprint density at radius 2 is 1.76 bits per heavy atom. The van der Waals surface area contributed by atoms with E-state index in [1.54, 1.807) is 6.92 Å². The van der Waals surface area contributed by atoms with Gasteiger partial charge in [-0.25, -0.2) is 17.9 Å². The summed E-state index contributed by atoms with van der Waals surface area (Å²) in [6.07, 6.45) is 2.71. The molecule has 0 aliphatic carbocycles. The van der Waals surface area contributed by atoms with Gasteiger partial charge in [0, 0.05) is 24.9 Å². The third-order valence-corrected chi connectivity index (χ3v) is 4.05. The Bertz CT molecular complexity index is 1010. The Hall–Kier alpha value is -2.25. The highest BCUT2D eigenvalue weighted by atomic mass is 35.5. The highest BCUT2D eigenvalue weighted by Gasteiger charge is 2.23. The maximum Gasteiger partial charge on any atom is 0.269 e. The van der Waals surface area contributed by atoms with Crippen LogP contribution in [0.25, 0.3) is 16.9 Å². The Balaban J connectivity index is 2.47. The SMILES string of the molecule is CCn1c(-c2c(F)cc(F)cc2F)c(-n2cc(Cl)cn2)cc(Cl)c1=O. The molecule has 0 aliphatic rings. The summed E-state index contributed by atoms with van der Waals surface area (Å²) in [5.41, 5.74) is -1.18. The van der Waals surface area contributed by atoms with Gasteiger partial charge in [-0.15, -0.1) is 0 Å². The maximum atomic E-state index is 14.4. The summed E-state index contributed by atoms with van der Waals surface area (Å²) in [5.74, 6) is -3.37. The lowest BCUT2D eigenvalue weighted by Gasteiger charge is -2.18. The van der Waals surface area contributed by atoms with E-state index in [0.717, 1.165) is 4.57 Å². The molecule has 4 nitrogen and oxygen atoms in total. The van der Waals surface area contributed by atoms with E-state index in [0.29, 0.717) is 12.1 Å².